The summed E-state index contributed by atoms with van der Waals surface area (Å²) in [7, 11) is 1.61. The summed E-state index contributed by atoms with van der Waals surface area (Å²) in [5.41, 5.74) is 1.62. The second kappa shape index (κ2) is 11.3. The molecule has 7 heteroatoms. The number of thioether (sulfide) groups is 1. The van der Waals surface area contributed by atoms with E-state index >= 15 is 0 Å². The molecule has 0 aliphatic heterocycles. The zero-order valence-electron chi connectivity index (χ0n) is 16.3. The fourth-order valence-electron chi connectivity index (χ4n) is 2.44. The summed E-state index contributed by atoms with van der Waals surface area (Å²) in [6, 6.07) is 7.31. The molecule has 0 amide bonds. The van der Waals surface area contributed by atoms with Crippen LogP contribution in [-0.4, -0.2) is 35.4 Å². The summed E-state index contributed by atoms with van der Waals surface area (Å²) in [6.07, 6.45) is 5.48. The maximum atomic E-state index is 12.3. The Morgan fingerprint density at radius 2 is 1.89 bits per heavy atom. The summed E-state index contributed by atoms with van der Waals surface area (Å²) in [4.78, 5) is 30.7. The number of methoxy groups -OCH3 is 1. The number of aromatic amines is 1. The lowest BCUT2D eigenvalue weighted by Gasteiger charge is -2.05. The first kappa shape index (κ1) is 21.8. The zero-order valence-corrected chi connectivity index (χ0v) is 17.1. The molecule has 0 atom stereocenters. The van der Waals surface area contributed by atoms with Gasteiger partial charge < -0.3 is 14.5 Å². The molecule has 0 unspecified atom stereocenters. The SMILES string of the molecule is C=C(C)C(=O)OCCCCCCSc1ncc(-c2ccc(OC)cc2)c(=O)[nH]1. The normalized spacial score (nSPS) is 10.5. The van der Waals surface area contributed by atoms with E-state index in [1.807, 2.05) is 24.3 Å². The first-order valence-corrected chi connectivity index (χ1v) is 10.2. The van der Waals surface area contributed by atoms with Gasteiger partial charge in [-0.2, -0.15) is 0 Å². The zero-order chi connectivity index (χ0) is 20.4. The Labute approximate surface area is 169 Å². The van der Waals surface area contributed by atoms with E-state index in [1.165, 1.54) is 11.8 Å². The van der Waals surface area contributed by atoms with Crippen LogP contribution in [0.15, 0.2) is 52.6 Å². The van der Waals surface area contributed by atoms with Crippen molar-refractivity contribution in [2.24, 2.45) is 0 Å². The predicted molar refractivity (Wildman–Crippen MR) is 112 cm³/mol. The highest BCUT2D eigenvalue weighted by Crippen LogP contribution is 2.20. The van der Waals surface area contributed by atoms with Gasteiger partial charge in [-0.3, -0.25) is 4.79 Å². The molecule has 2 aromatic rings. The van der Waals surface area contributed by atoms with E-state index in [0.717, 1.165) is 42.7 Å². The van der Waals surface area contributed by atoms with Gasteiger partial charge in [0.2, 0.25) is 0 Å². The number of unbranched alkanes of at least 4 members (excludes halogenated alkanes) is 3. The van der Waals surface area contributed by atoms with Crippen molar-refractivity contribution < 1.29 is 14.3 Å². The minimum Gasteiger partial charge on any atom is -0.497 e. The van der Waals surface area contributed by atoms with E-state index in [1.54, 1.807) is 20.2 Å². The topological polar surface area (TPSA) is 81.3 Å². The van der Waals surface area contributed by atoms with Crippen molar-refractivity contribution >= 4 is 17.7 Å². The molecule has 0 aliphatic rings. The second-order valence-corrected chi connectivity index (χ2v) is 7.42. The molecule has 1 aromatic heterocycles. The number of benzene rings is 1. The van der Waals surface area contributed by atoms with Crippen molar-refractivity contribution in [2.75, 3.05) is 19.5 Å². The van der Waals surface area contributed by atoms with Crippen molar-refractivity contribution in [3.05, 3.63) is 53.0 Å². The number of nitrogens with one attached hydrogen (secondary N) is 1. The van der Waals surface area contributed by atoms with Gasteiger partial charge in [0.05, 0.1) is 19.3 Å². The molecule has 1 aromatic carbocycles. The van der Waals surface area contributed by atoms with Crippen LogP contribution in [0, 0.1) is 0 Å². The molecule has 0 saturated carbocycles. The highest BCUT2D eigenvalue weighted by Gasteiger charge is 2.06. The second-order valence-electron chi connectivity index (χ2n) is 6.34. The minimum atomic E-state index is -0.330. The first-order valence-electron chi connectivity index (χ1n) is 9.20. The molecule has 2 rings (SSSR count). The van der Waals surface area contributed by atoms with Crippen LogP contribution in [0.2, 0.25) is 0 Å². The molecular formula is C21H26N2O4S. The molecule has 1 heterocycles. The minimum absolute atomic E-state index is 0.151. The van der Waals surface area contributed by atoms with Crippen LogP contribution in [0.1, 0.15) is 32.6 Å². The van der Waals surface area contributed by atoms with Crippen LogP contribution in [0.5, 0.6) is 5.75 Å². The van der Waals surface area contributed by atoms with Crippen LogP contribution in [0.4, 0.5) is 0 Å². The molecule has 0 spiro atoms. The number of ether oxygens (including phenoxy) is 2. The van der Waals surface area contributed by atoms with Gasteiger partial charge in [0.15, 0.2) is 5.16 Å². The number of carbonyl (C=O) groups excluding carboxylic acids is 1. The van der Waals surface area contributed by atoms with E-state index in [9.17, 15) is 9.59 Å². The van der Waals surface area contributed by atoms with E-state index in [0.29, 0.717) is 22.9 Å². The average Bonchev–Trinajstić information content (AvgIpc) is 2.70. The maximum absolute atomic E-state index is 12.3. The fraction of sp³-hybridized carbons (Fsp3) is 0.381. The Bertz CT molecular complexity index is 846. The molecule has 0 radical (unpaired) electrons. The Hall–Kier alpha value is -2.54. The largest absolute Gasteiger partial charge is 0.497 e. The number of rotatable bonds is 11. The molecule has 0 saturated heterocycles. The van der Waals surface area contributed by atoms with Crippen LogP contribution in [-0.2, 0) is 9.53 Å². The van der Waals surface area contributed by atoms with E-state index in [4.69, 9.17) is 9.47 Å². The molecule has 0 bridgehead atoms. The smallest absolute Gasteiger partial charge is 0.333 e. The number of carbonyl (C=O) groups is 1. The van der Waals surface area contributed by atoms with E-state index < -0.39 is 0 Å². The Balaban J connectivity index is 1.71. The monoisotopic (exact) mass is 402 g/mol. The van der Waals surface area contributed by atoms with E-state index in [2.05, 4.69) is 16.5 Å². The van der Waals surface area contributed by atoms with Crippen LogP contribution in [0.3, 0.4) is 0 Å². The molecule has 150 valence electrons. The van der Waals surface area contributed by atoms with Gasteiger partial charge in [0.1, 0.15) is 5.75 Å². The fourth-order valence-corrected chi connectivity index (χ4v) is 3.28. The van der Waals surface area contributed by atoms with Gasteiger partial charge in [-0.15, -0.1) is 0 Å². The van der Waals surface area contributed by atoms with Crippen molar-refractivity contribution in [3.8, 4) is 16.9 Å². The first-order chi connectivity index (χ1) is 13.5. The van der Waals surface area contributed by atoms with Gasteiger partial charge in [-0.25, -0.2) is 9.78 Å². The highest BCUT2D eigenvalue weighted by molar-refractivity contribution is 7.99. The molecule has 0 aliphatic carbocycles. The maximum Gasteiger partial charge on any atom is 0.333 e. The van der Waals surface area contributed by atoms with Gasteiger partial charge >= 0.3 is 5.97 Å². The Morgan fingerprint density at radius 3 is 2.54 bits per heavy atom. The number of H-pyrrole nitrogens is 1. The number of esters is 1. The number of aromatic nitrogens is 2. The summed E-state index contributed by atoms with van der Waals surface area (Å²) in [5.74, 6) is 1.29. The number of hydrogen-bond donors (Lipinski definition) is 1. The van der Waals surface area contributed by atoms with Gasteiger partial charge in [0.25, 0.3) is 5.56 Å². The summed E-state index contributed by atoms with van der Waals surface area (Å²) in [6.45, 7) is 5.62. The van der Waals surface area contributed by atoms with Crippen molar-refractivity contribution in [1.29, 1.82) is 0 Å². The number of nitrogens with zero attached hydrogens (tertiary/aromatic N) is 1. The Kier molecular flexibility index (Phi) is 8.81. The molecule has 0 fully saturated rings. The third kappa shape index (κ3) is 6.88. The summed E-state index contributed by atoms with van der Waals surface area (Å²) >= 11 is 1.53. The molecule has 28 heavy (non-hydrogen) atoms. The van der Waals surface area contributed by atoms with Crippen molar-refractivity contribution in [1.82, 2.24) is 9.97 Å². The standard InChI is InChI=1S/C21H26N2O4S/c1-15(2)20(25)27-12-6-4-5-7-13-28-21-22-14-18(19(24)23-21)16-8-10-17(26-3)11-9-16/h8-11,14H,1,4-7,12-13H2,2-3H3,(H,22,23,24). The lowest BCUT2D eigenvalue weighted by molar-refractivity contribution is -0.139. The molecular weight excluding hydrogens is 376 g/mol. The molecule has 6 nitrogen and oxygen atoms in total. The lowest BCUT2D eigenvalue weighted by Crippen LogP contribution is -2.11. The van der Waals surface area contributed by atoms with Gasteiger partial charge in [0, 0.05) is 17.5 Å². The highest BCUT2D eigenvalue weighted by atomic mass is 32.2. The third-order valence-electron chi connectivity index (χ3n) is 4.04. The quantitative estimate of drug-likeness (QED) is 0.199. The Morgan fingerprint density at radius 1 is 1.18 bits per heavy atom. The van der Waals surface area contributed by atoms with Crippen molar-refractivity contribution in [3.63, 3.8) is 0 Å². The third-order valence-corrected chi connectivity index (χ3v) is 5.01. The lowest BCUT2D eigenvalue weighted by atomic mass is 10.1. The van der Waals surface area contributed by atoms with Crippen molar-refractivity contribution in [2.45, 2.75) is 37.8 Å². The summed E-state index contributed by atoms with van der Waals surface area (Å²) < 4.78 is 10.2. The number of hydrogen-bond acceptors (Lipinski definition) is 6. The van der Waals surface area contributed by atoms with Crippen LogP contribution in [0.25, 0.3) is 11.1 Å². The summed E-state index contributed by atoms with van der Waals surface area (Å²) in [5, 5.41) is 0.623. The van der Waals surface area contributed by atoms with Gasteiger partial charge in [-0.05, 0) is 37.5 Å². The van der Waals surface area contributed by atoms with Gasteiger partial charge in [-0.1, -0.05) is 43.3 Å². The van der Waals surface area contributed by atoms with Crippen LogP contribution >= 0.6 is 11.8 Å². The van der Waals surface area contributed by atoms with E-state index in [-0.39, 0.29) is 11.5 Å². The average molecular weight is 403 g/mol. The van der Waals surface area contributed by atoms with Crippen LogP contribution < -0.4 is 10.3 Å². The predicted octanol–water partition coefficient (Wildman–Crippen LogP) is 4.22. The molecule has 1 N–H and O–H groups in total.